The lowest BCUT2D eigenvalue weighted by Crippen LogP contribution is -2.63. The van der Waals surface area contributed by atoms with Crippen molar-refractivity contribution in [3.63, 3.8) is 0 Å². The van der Waals surface area contributed by atoms with Crippen molar-refractivity contribution in [1.29, 1.82) is 0 Å². The average molecular weight is 617 g/mol. The van der Waals surface area contributed by atoms with Crippen LogP contribution in [0.4, 0.5) is 4.39 Å². The summed E-state index contributed by atoms with van der Waals surface area (Å²) in [6, 6.07) is 11.1. The van der Waals surface area contributed by atoms with Gasteiger partial charge < -0.3 is 24.8 Å². The topological polar surface area (TPSA) is 130 Å². The molecule has 4 fully saturated rings. The van der Waals surface area contributed by atoms with Gasteiger partial charge in [-0.1, -0.05) is 49.8 Å². The van der Waals surface area contributed by atoms with E-state index >= 15 is 4.39 Å². The second-order valence-electron chi connectivity index (χ2n) is 13.9. The predicted molar refractivity (Wildman–Crippen MR) is 160 cm³/mol. The molecule has 3 saturated carbocycles. The number of ketones is 2. The van der Waals surface area contributed by atoms with Crippen LogP contribution < -0.4 is 0 Å². The lowest BCUT2D eigenvalue weighted by Gasteiger charge is -2.59. The van der Waals surface area contributed by atoms with Gasteiger partial charge in [-0.2, -0.15) is 0 Å². The minimum Gasteiger partial charge on any atom is -0.478 e. The number of carbonyl (C=O) groups is 3. The minimum atomic E-state index is -1.56. The molecule has 0 bridgehead atoms. The summed E-state index contributed by atoms with van der Waals surface area (Å²) in [4.78, 5) is 37.0. The van der Waals surface area contributed by atoms with Crippen LogP contribution in [0.3, 0.4) is 0 Å². The van der Waals surface area contributed by atoms with E-state index < -0.39 is 59.1 Å². The van der Waals surface area contributed by atoms with Crippen LogP contribution in [0.5, 0.6) is 0 Å². The first kappa shape index (κ1) is 30.2. The number of aliphatic hydroxyl groups excluding tert-OH is 2. The normalized spacial score (nSPS) is 38.2. The van der Waals surface area contributed by atoms with Crippen molar-refractivity contribution in [1.82, 2.24) is 0 Å². The number of rotatable bonds is 6. The van der Waals surface area contributed by atoms with Gasteiger partial charge in [0.05, 0.1) is 17.8 Å². The Hall–Kier alpha value is -3.50. The van der Waals surface area contributed by atoms with E-state index in [1.54, 1.807) is 36.4 Å². The predicted octanol–water partition coefficient (Wildman–Crippen LogP) is 4.72. The molecular weight excluding hydrogens is 579 g/mol. The maximum atomic E-state index is 15.7. The molecule has 2 aromatic rings. The van der Waals surface area contributed by atoms with Gasteiger partial charge in [0, 0.05) is 22.3 Å². The summed E-state index contributed by atoms with van der Waals surface area (Å²) < 4.78 is 28.6. The summed E-state index contributed by atoms with van der Waals surface area (Å²) in [6.07, 6.45) is 5.06. The van der Waals surface area contributed by atoms with E-state index in [-0.39, 0.29) is 41.1 Å². The molecule has 0 amide bonds. The van der Waals surface area contributed by atoms with Crippen LogP contribution >= 0.6 is 0 Å². The number of halogens is 1. The zero-order valence-electron chi connectivity index (χ0n) is 25.2. The highest BCUT2D eigenvalue weighted by Gasteiger charge is 2.76. The van der Waals surface area contributed by atoms with Gasteiger partial charge in [0.1, 0.15) is 12.4 Å². The van der Waals surface area contributed by atoms with Crippen molar-refractivity contribution >= 4 is 17.5 Å². The fourth-order valence-electron chi connectivity index (χ4n) is 9.70. The number of carboxylic acid groups (broad SMARTS) is 1. The zero-order chi connectivity index (χ0) is 31.9. The molecule has 4 aliphatic carbocycles. The molecule has 8 nitrogen and oxygen atoms in total. The monoisotopic (exact) mass is 616 g/mol. The Kier molecular flexibility index (Phi) is 7.05. The maximum absolute atomic E-state index is 15.7. The molecule has 9 atom stereocenters. The van der Waals surface area contributed by atoms with Crippen LogP contribution in [0.15, 0.2) is 66.3 Å². The summed E-state index contributed by atoms with van der Waals surface area (Å²) in [5.74, 6) is -2.33. The van der Waals surface area contributed by atoms with Gasteiger partial charge in [-0.25, -0.2) is 9.18 Å². The van der Waals surface area contributed by atoms with E-state index in [1.807, 2.05) is 13.0 Å². The second-order valence-corrected chi connectivity index (χ2v) is 13.9. The molecule has 236 valence electrons. The molecule has 1 unspecified atom stereocenters. The van der Waals surface area contributed by atoms with E-state index in [0.29, 0.717) is 24.8 Å². The Morgan fingerprint density at radius 3 is 2.51 bits per heavy atom. The Bertz CT molecular complexity index is 1650. The van der Waals surface area contributed by atoms with E-state index in [4.69, 9.17) is 14.6 Å². The summed E-state index contributed by atoms with van der Waals surface area (Å²) in [5.41, 5.74) is -0.0716. The highest BCUT2D eigenvalue weighted by Crippen LogP contribution is 2.70. The van der Waals surface area contributed by atoms with Gasteiger partial charge in [-0.05, 0) is 85.4 Å². The van der Waals surface area contributed by atoms with Crippen LogP contribution in [0.2, 0.25) is 0 Å². The van der Waals surface area contributed by atoms with Gasteiger partial charge in [-0.15, -0.1) is 0 Å². The number of carbonyl (C=O) groups excluding carboxylic acids is 2. The first-order valence-electron chi connectivity index (χ1n) is 15.6. The van der Waals surface area contributed by atoms with Crippen LogP contribution in [-0.2, 0) is 25.5 Å². The van der Waals surface area contributed by atoms with Crippen molar-refractivity contribution in [3.8, 4) is 0 Å². The number of Topliss-reactive ketones (excluding diaryl/α,β-unsaturated/α-hetero) is 1. The molecule has 1 saturated heterocycles. The Morgan fingerprint density at radius 2 is 1.82 bits per heavy atom. The third-order valence-corrected chi connectivity index (χ3v) is 11.7. The molecular formula is C36H37FO8. The number of fused-ring (bicyclic) bond motifs is 7. The molecule has 9 heteroatoms. The highest BCUT2D eigenvalue weighted by atomic mass is 19.1. The fraction of sp³-hybridized carbons (Fsp3) is 0.472. The van der Waals surface area contributed by atoms with Crippen LogP contribution in [0.25, 0.3) is 0 Å². The SMILES string of the molecule is C[C@]12C=CC(=O)C=C1CC[C@@H]1[C@@H]2[C@@H](O)C[C@@]2(C)[C@H]1C[C@H]1OC(c3ccc(Cc4ccc(C(=O)O)cc4)cc3F)O[C@]12C(=O)CO. The third kappa shape index (κ3) is 4.35. The Balaban J connectivity index is 1.17. The zero-order valence-corrected chi connectivity index (χ0v) is 25.2. The average Bonchev–Trinajstić information content (AvgIpc) is 3.50. The molecule has 0 aromatic heterocycles. The van der Waals surface area contributed by atoms with Crippen molar-refractivity contribution in [3.05, 3.63) is 94.3 Å². The van der Waals surface area contributed by atoms with Crippen molar-refractivity contribution in [2.75, 3.05) is 6.61 Å². The number of allylic oxidation sites excluding steroid dienone is 4. The first-order valence-corrected chi connectivity index (χ1v) is 15.6. The van der Waals surface area contributed by atoms with Gasteiger partial charge in [0.2, 0.25) is 0 Å². The third-order valence-electron chi connectivity index (χ3n) is 11.7. The highest BCUT2D eigenvalue weighted by molar-refractivity contribution is 6.01. The molecule has 1 heterocycles. The molecule has 0 spiro atoms. The van der Waals surface area contributed by atoms with Crippen molar-refractivity contribution in [2.24, 2.45) is 28.6 Å². The second kappa shape index (κ2) is 10.5. The van der Waals surface area contributed by atoms with Gasteiger partial charge in [-0.3, -0.25) is 9.59 Å². The Labute approximate surface area is 260 Å². The van der Waals surface area contributed by atoms with E-state index in [0.717, 1.165) is 17.6 Å². The molecule has 0 radical (unpaired) electrons. The molecule has 5 aliphatic rings. The lowest BCUT2D eigenvalue weighted by atomic mass is 9.46. The number of aliphatic hydroxyl groups is 2. The van der Waals surface area contributed by atoms with Gasteiger partial charge in [0.25, 0.3) is 0 Å². The minimum absolute atomic E-state index is 0.0268. The Morgan fingerprint density at radius 1 is 1.09 bits per heavy atom. The van der Waals surface area contributed by atoms with Gasteiger partial charge >= 0.3 is 5.97 Å². The first-order chi connectivity index (χ1) is 21.4. The summed E-state index contributed by atoms with van der Waals surface area (Å²) in [6.45, 7) is 3.26. The van der Waals surface area contributed by atoms with Gasteiger partial charge in [0.15, 0.2) is 23.5 Å². The van der Waals surface area contributed by atoms with E-state index in [1.165, 1.54) is 18.2 Å². The molecule has 7 rings (SSSR count). The number of carboxylic acids is 1. The quantitative estimate of drug-likeness (QED) is 0.425. The van der Waals surface area contributed by atoms with Crippen LogP contribution in [0.1, 0.15) is 72.9 Å². The fourth-order valence-corrected chi connectivity index (χ4v) is 9.70. The molecule has 2 aromatic carbocycles. The van der Waals surface area contributed by atoms with Crippen LogP contribution in [0, 0.1) is 34.4 Å². The summed E-state index contributed by atoms with van der Waals surface area (Å²) in [5, 5.41) is 31.1. The van der Waals surface area contributed by atoms with Crippen molar-refractivity contribution < 1.29 is 43.6 Å². The molecule has 45 heavy (non-hydrogen) atoms. The largest absolute Gasteiger partial charge is 0.478 e. The summed E-state index contributed by atoms with van der Waals surface area (Å²) in [7, 11) is 0. The molecule has 1 aliphatic heterocycles. The van der Waals surface area contributed by atoms with E-state index in [9.17, 15) is 24.6 Å². The summed E-state index contributed by atoms with van der Waals surface area (Å²) >= 11 is 0. The number of hydrogen-bond acceptors (Lipinski definition) is 7. The number of ether oxygens (including phenoxy) is 2. The standard InChI is InChI=1S/C36H37FO8/c1-34-12-11-23(39)15-22(34)8-10-24-26-16-30-36(29(41)18-38,35(26,2)17-28(40)31(24)34)45-33(44-30)25-9-5-20(14-27(25)37)13-19-3-6-21(7-4-19)32(42)43/h3-7,9,11-12,14-15,24,26,28,30-31,33,38,40H,8,10,13,16-18H2,1-2H3,(H,42,43)/t24-,26-,28-,30+,31+,33?,34-,35-,36+/m0/s1. The smallest absolute Gasteiger partial charge is 0.335 e. The van der Waals surface area contributed by atoms with Crippen LogP contribution in [-0.4, -0.2) is 57.3 Å². The molecule has 3 N–H and O–H groups in total. The van der Waals surface area contributed by atoms with Crippen molar-refractivity contribution in [2.45, 2.75) is 70.1 Å². The van der Waals surface area contributed by atoms with E-state index in [2.05, 4.69) is 6.92 Å². The number of hydrogen-bond donors (Lipinski definition) is 3. The number of aromatic carboxylic acids is 1. The number of benzene rings is 2. The maximum Gasteiger partial charge on any atom is 0.335 e. The lowest BCUT2D eigenvalue weighted by molar-refractivity contribution is -0.201.